The van der Waals surface area contributed by atoms with E-state index in [-0.39, 0.29) is 36.3 Å². The minimum absolute atomic E-state index is 0.0422. The highest BCUT2D eigenvalue weighted by atomic mass is 19.3. The van der Waals surface area contributed by atoms with Crippen molar-refractivity contribution in [2.75, 3.05) is 50.9 Å². The Balaban J connectivity index is 1.48. The average molecular weight is 659 g/mol. The van der Waals surface area contributed by atoms with E-state index >= 15 is 13.2 Å². The Labute approximate surface area is 273 Å². The largest absolute Gasteiger partial charge is 0.373 e. The third-order valence-corrected chi connectivity index (χ3v) is 9.19. The van der Waals surface area contributed by atoms with Crippen LogP contribution in [-0.4, -0.2) is 84.6 Å². The second kappa shape index (κ2) is 16.2. The number of piperazine rings is 1. The molecular formula is C34H45F3N6O4. The number of hydrogen-bond donors (Lipinski definition) is 3. The van der Waals surface area contributed by atoms with Gasteiger partial charge in [0.05, 0.1) is 5.69 Å². The van der Waals surface area contributed by atoms with Crippen LogP contribution in [0.5, 0.6) is 0 Å². The van der Waals surface area contributed by atoms with Gasteiger partial charge in [-0.15, -0.1) is 0 Å². The van der Waals surface area contributed by atoms with E-state index in [1.165, 1.54) is 18.2 Å². The average Bonchev–Trinajstić information content (AvgIpc) is 3.08. The minimum atomic E-state index is -3.86. The van der Waals surface area contributed by atoms with Crippen molar-refractivity contribution in [2.45, 2.75) is 70.3 Å². The van der Waals surface area contributed by atoms with Crippen molar-refractivity contribution >= 4 is 35.0 Å². The molecule has 1 aromatic heterocycles. The van der Waals surface area contributed by atoms with Crippen molar-refractivity contribution in [3.63, 3.8) is 0 Å². The number of pyridine rings is 1. The van der Waals surface area contributed by atoms with Crippen LogP contribution >= 0.6 is 0 Å². The molecule has 0 spiro atoms. The molecule has 2 fully saturated rings. The van der Waals surface area contributed by atoms with Crippen LogP contribution in [0.3, 0.4) is 0 Å². The molecule has 4 rings (SSSR count). The zero-order chi connectivity index (χ0) is 34.1. The number of nitrogens with one attached hydrogen (secondary N) is 3. The van der Waals surface area contributed by atoms with Crippen molar-refractivity contribution in [3.05, 3.63) is 53.5 Å². The lowest BCUT2D eigenvalue weighted by Gasteiger charge is -2.34. The lowest BCUT2D eigenvalue weighted by Crippen LogP contribution is -2.54. The lowest BCUT2D eigenvalue weighted by atomic mass is 9.76. The fourth-order valence-corrected chi connectivity index (χ4v) is 6.22. The normalized spacial score (nSPS) is 17.4. The number of halogens is 3. The van der Waals surface area contributed by atoms with Gasteiger partial charge in [-0.25, -0.2) is 9.37 Å². The maximum absolute atomic E-state index is 15.4. The van der Waals surface area contributed by atoms with Crippen LogP contribution in [0.4, 0.5) is 24.7 Å². The van der Waals surface area contributed by atoms with E-state index in [2.05, 4.69) is 25.8 Å². The maximum Gasteiger partial charge on any atom is 0.331 e. The molecule has 1 aliphatic carbocycles. The Morgan fingerprint density at radius 3 is 2.32 bits per heavy atom. The smallest absolute Gasteiger partial charge is 0.331 e. The summed E-state index contributed by atoms with van der Waals surface area (Å²) >= 11 is 0. The molecule has 13 heteroatoms. The van der Waals surface area contributed by atoms with Gasteiger partial charge in [-0.3, -0.25) is 19.2 Å². The number of rotatable bonds is 13. The van der Waals surface area contributed by atoms with Gasteiger partial charge in [0.15, 0.2) is 0 Å². The first-order valence-electron chi connectivity index (χ1n) is 16.3. The number of aromatic nitrogens is 1. The summed E-state index contributed by atoms with van der Waals surface area (Å²) in [5.74, 6) is -8.30. The molecule has 1 aliphatic heterocycles. The molecule has 10 nitrogen and oxygen atoms in total. The SMILES string of the molecule is CCC(=O)N[C@H](Cc1ccc(NC(=O)[C@@H](CC(=O)C(F)(F)c2ccc(NC)nc2)C2CCCCC2)c(F)c1)C(=O)N1CCN(C)CC1. The fraction of sp³-hybridized carbons (Fsp3) is 0.559. The van der Waals surface area contributed by atoms with Gasteiger partial charge in [0, 0.05) is 70.2 Å². The van der Waals surface area contributed by atoms with Gasteiger partial charge in [-0.2, -0.15) is 8.78 Å². The number of ketones is 1. The molecule has 256 valence electrons. The first-order chi connectivity index (χ1) is 22.4. The third-order valence-electron chi connectivity index (χ3n) is 9.19. The molecule has 2 atom stereocenters. The molecule has 2 aliphatic rings. The predicted molar refractivity (Wildman–Crippen MR) is 172 cm³/mol. The number of carbonyl (C=O) groups excluding carboxylic acids is 4. The van der Waals surface area contributed by atoms with Crippen molar-refractivity contribution in [1.29, 1.82) is 0 Å². The van der Waals surface area contributed by atoms with Gasteiger partial charge in [0.2, 0.25) is 23.5 Å². The molecule has 0 bridgehead atoms. The van der Waals surface area contributed by atoms with Crippen molar-refractivity contribution in [2.24, 2.45) is 11.8 Å². The van der Waals surface area contributed by atoms with Crippen LogP contribution < -0.4 is 16.0 Å². The van der Waals surface area contributed by atoms with E-state index in [9.17, 15) is 19.2 Å². The lowest BCUT2D eigenvalue weighted by molar-refractivity contribution is -0.147. The number of alkyl halides is 2. The number of Topliss-reactive ketones (excluding diaryl/α,β-unsaturated/α-hetero) is 1. The summed E-state index contributed by atoms with van der Waals surface area (Å²) in [5, 5.41) is 8.03. The van der Waals surface area contributed by atoms with Gasteiger partial charge in [-0.05, 0) is 55.6 Å². The zero-order valence-electron chi connectivity index (χ0n) is 27.3. The predicted octanol–water partition coefficient (Wildman–Crippen LogP) is 4.36. The molecule has 3 N–H and O–H groups in total. The Hall–Kier alpha value is -4.00. The van der Waals surface area contributed by atoms with Crippen LogP contribution in [0.15, 0.2) is 36.5 Å². The summed E-state index contributed by atoms with van der Waals surface area (Å²) in [5.41, 5.74) is -0.295. The Bertz CT molecular complexity index is 1410. The Morgan fingerprint density at radius 2 is 1.72 bits per heavy atom. The standard InChI is InChI=1S/C34H45F3N6O4/c1-4-31(45)40-28(33(47)43-16-14-42(3)15-17-43)19-22-10-12-27(26(35)18-22)41-32(46)25(23-8-6-5-7-9-23)20-29(44)34(36,37)24-11-13-30(38-2)39-21-24/h10-13,18,21,23,25,28H,4-9,14-17,19-20H2,1-3H3,(H,38,39)(H,40,45)(H,41,46)/t25-,28+/m0/s1. The van der Waals surface area contributed by atoms with Crippen LogP contribution in [0, 0.1) is 17.7 Å². The molecule has 2 heterocycles. The molecule has 2 aromatic rings. The number of carbonyl (C=O) groups is 4. The molecule has 1 aromatic carbocycles. The zero-order valence-corrected chi connectivity index (χ0v) is 27.3. The molecule has 3 amide bonds. The number of amides is 3. The van der Waals surface area contributed by atoms with E-state index in [4.69, 9.17) is 0 Å². The van der Waals surface area contributed by atoms with Crippen LogP contribution in [0.1, 0.15) is 63.0 Å². The molecule has 0 unspecified atom stereocenters. The summed E-state index contributed by atoms with van der Waals surface area (Å²) in [6, 6.07) is 5.67. The molecule has 1 saturated carbocycles. The van der Waals surface area contributed by atoms with Gasteiger partial charge >= 0.3 is 5.92 Å². The van der Waals surface area contributed by atoms with Crippen LogP contribution in [-0.2, 0) is 31.5 Å². The van der Waals surface area contributed by atoms with E-state index in [0.717, 1.165) is 31.5 Å². The van der Waals surface area contributed by atoms with E-state index < -0.39 is 47.4 Å². The van der Waals surface area contributed by atoms with Crippen molar-refractivity contribution in [3.8, 4) is 0 Å². The third kappa shape index (κ3) is 9.30. The van der Waals surface area contributed by atoms with Gasteiger partial charge in [-0.1, -0.05) is 32.3 Å². The van der Waals surface area contributed by atoms with Crippen LogP contribution in [0.2, 0.25) is 0 Å². The second-order valence-corrected chi connectivity index (χ2v) is 12.5. The van der Waals surface area contributed by atoms with E-state index in [0.29, 0.717) is 50.4 Å². The first-order valence-corrected chi connectivity index (χ1v) is 16.3. The van der Waals surface area contributed by atoms with Crippen molar-refractivity contribution in [1.82, 2.24) is 20.1 Å². The number of hydrogen-bond acceptors (Lipinski definition) is 7. The van der Waals surface area contributed by atoms with Crippen molar-refractivity contribution < 1.29 is 32.3 Å². The Kier molecular flexibility index (Phi) is 12.4. The highest BCUT2D eigenvalue weighted by Gasteiger charge is 2.44. The molecule has 47 heavy (non-hydrogen) atoms. The Morgan fingerprint density at radius 1 is 1.02 bits per heavy atom. The molecule has 1 saturated heterocycles. The summed E-state index contributed by atoms with van der Waals surface area (Å²) < 4.78 is 45.9. The summed E-state index contributed by atoms with van der Waals surface area (Å²) in [4.78, 5) is 59.8. The number of benzene rings is 1. The minimum Gasteiger partial charge on any atom is -0.373 e. The quantitative estimate of drug-likeness (QED) is 0.292. The van der Waals surface area contributed by atoms with E-state index in [1.807, 2.05) is 7.05 Å². The van der Waals surface area contributed by atoms with Gasteiger partial charge in [0.25, 0.3) is 0 Å². The van der Waals surface area contributed by atoms with Crippen LogP contribution in [0.25, 0.3) is 0 Å². The first kappa shape index (κ1) is 35.8. The maximum atomic E-state index is 15.4. The monoisotopic (exact) mass is 658 g/mol. The summed E-state index contributed by atoms with van der Waals surface area (Å²) in [6.07, 6.45) is 4.22. The number of anilines is 2. The highest BCUT2D eigenvalue weighted by Crippen LogP contribution is 2.37. The molecular weight excluding hydrogens is 613 g/mol. The topological polar surface area (TPSA) is 124 Å². The number of likely N-dealkylation sites (N-methyl/N-ethyl adjacent to an activating group) is 1. The van der Waals surface area contributed by atoms with Gasteiger partial charge in [0.1, 0.15) is 17.7 Å². The second-order valence-electron chi connectivity index (χ2n) is 12.5. The van der Waals surface area contributed by atoms with Gasteiger partial charge < -0.3 is 25.8 Å². The van der Waals surface area contributed by atoms with E-state index in [1.54, 1.807) is 24.9 Å². The fourth-order valence-electron chi connectivity index (χ4n) is 6.22. The highest BCUT2D eigenvalue weighted by molar-refractivity contribution is 5.97. The number of nitrogens with zero attached hydrogens (tertiary/aromatic N) is 3. The summed E-state index contributed by atoms with van der Waals surface area (Å²) in [7, 11) is 3.56. The summed E-state index contributed by atoms with van der Waals surface area (Å²) in [6.45, 7) is 4.12. The molecule has 0 radical (unpaired) electrons.